The Morgan fingerprint density at radius 1 is 0.882 bits per heavy atom. The molecule has 0 spiro atoms. The van der Waals surface area contributed by atoms with Crippen molar-refractivity contribution in [1.82, 2.24) is 9.55 Å². The largest absolute Gasteiger partial charge is 0.492 e. The minimum absolute atomic E-state index is 0.0498. The number of para-hydroxylation sites is 2. The van der Waals surface area contributed by atoms with Crippen LogP contribution in [0.4, 0.5) is 0 Å². The summed E-state index contributed by atoms with van der Waals surface area (Å²) < 4.78 is 8.41. The highest BCUT2D eigenvalue weighted by Gasteiger charge is 2.23. The van der Waals surface area contributed by atoms with Crippen molar-refractivity contribution < 1.29 is 4.74 Å². The molecule has 0 saturated heterocycles. The van der Waals surface area contributed by atoms with Crippen LogP contribution < -0.4 is 4.74 Å². The third kappa shape index (κ3) is 4.98. The van der Waals surface area contributed by atoms with Crippen LogP contribution in [0.15, 0.2) is 108 Å². The molecule has 1 heterocycles. The van der Waals surface area contributed by atoms with Gasteiger partial charge in [-0.25, -0.2) is 4.98 Å². The van der Waals surface area contributed by atoms with E-state index >= 15 is 0 Å². The normalized spacial score (nSPS) is 12.1. The minimum atomic E-state index is 0.0498. The van der Waals surface area contributed by atoms with E-state index in [0.717, 1.165) is 33.2 Å². The molecule has 5 aromatic rings. The number of nitrogens with zero attached hydrogens (tertiary/aromatic N) is 2. The molecule has 4 aromatic carbocycles. The van der Waals surface area contributed by atoms with Gasteiger partial charge in [-0.05, 0) is 60.5 Å². The number of rotatable bonds is 8. The number of aromatic nitrogens is 2. The lowest BCUT2D eigenvalue weighted by Gasteiger charge is -2.19. The Kier molecular flexibility index (Phi) is 6.89. The predicted octanol–water partition coefficient (Wildman–Crippen LogP) is 7.96. The number of aryl methyl sites for hydroxylation is 1. The van der Waals surface area contributed by atoms with Crippen LogP contribution in [0.25, 0.3) is 11.0 Å². The van der Waals surface area contributed by atoms with Gasteiger partial charge in [0.05, 0.1) is 22.8 Å². The quantitative estimate of drug-likeness (QED) is 0.209. The monoisotopic (exact) mass is 484 g/mol. The molecule has 3 nitrogen and oxygen atoms in total. The molecule has 0 aliphatic heterocycles. The second kappa shape index (κ2) is 10.4. The van der Waals surface area contributed by atoms with Crippen LogP contribution in [-0.4, -0.2) is 16.2 Å². The Morgan fingerprint density at radius 3 is 2.35 bits per heavy atom. The molecule has 0 saturated carbocycles. The first-order valence-corrected chi connectivity index (χ1v) is 12.6. The van der Waals surface area contributed by atoms with Gasteiger partial charge in [0.2, 0.25) is 0 Å². The van der Waals surface area contributed by atoms with Crippen LogP contribution in [0.5, 0.6) is 5.75 Å². The topological polar surface area (TPSA) is 27.1 Å². The van der Waals surface area contributed by atoms with Crippen molar-refractivity contribution >= 4 is 34.4 Å². The number of halogens is 1. The molecule has 0 fully saturated rings. The summed E-state index contributed by atoms with van der Waals surface area (Å²) in [4.78, 5) is 6.32. The lowest BCUT2D eigenvalue weighted by molar-refractivity contribution is 0.298. The van der Waals surface area contributed by atoms with Crippen LogP contribution in [0.1, 0.15) is 22.2 Å². The smallest absolute Gasteiger partial charge is 0.128 e. The van der Waals surface area contributed by atoms with Crippen molar-refractivity contribution in [3.05, 3.63) is 125 Å². The Morgan fingerprint density at radius 2 is 1.59 bits per heavy atom. The fourth-order valence-corrected chi connectivity index (χ4v) is 5.31. The molecule has 0 N–H and O–H groups in total. The SMILES string of the molecule is Cc1cc(OCCn2c(C(Sc3ccccc3)c3ccccc3)nc3ccccc32)ccc1Cl. The number of hydrogen-bond donors (Lipinski definition) is 0. The molecule has 0 radical (unpaired) electrons. The highest BCUT2D eigenvalue weighted by Crippen LogP contribution is 2.41. The molecule has 34 heavy (non-hydrogen) atoms. The van der Waals surface area contributed by atoms with Crippen molar-refractivity contribution in [1.29, 1.82) is 0 Å². The number of ether oxygens (including phenoxy) is 1. The van der Waals surface area contributed by atoms with Crippen molar-refractivity contribution in [3.8, 4) is 5.75 Å². The first-order chi connectivity index (χ1) is 16.7. The standard InChI is InChI=1S/C29H25ClN2OS/c1-21-20-23(16-17-25(21)30)33-19-18-32-27-15-9-8-14-26(27)31-29(32)28(22-10-4-2-5-11-22)34-24-12-6-3-7-13-24/h2-17,20,28H,18-19H2,1H3. The second-order valence-electron chi connectivity index (χ2n) is 8.09. The number of benzene rings is 4. The van der Waals surface area contributed by atoms with Gasteiger partial charge in [0.15, 0.2) is 0 Å². The van der Waals surface area contributed by atoms with Crippen molar-refractivity contribution in [2.45, 2.75) is 23.6 Å². The second-order valence-corrected chi connectivity index (χ2v) is 9.68. The molecule has 1 unspecified atom stereocenters. The molecular formula is C29H25ClN2OS. The summed E-state index contributed by atoms with van der Waals surface area (Å²) in [6.07, 6.45) is 0. The fourth-order valence-electron chi connectivity index (χ4n) is 4.02. The van der Waals surface area contributed by atoms with Gasteiger partial charge in [0, 0.05) is 9.92 Å². The number of thioether (sulfide) groups is 1. The summed E-state index contributed by atoms with van der Waals surface area (Å²) in [5.74, 6) is 1.85. The van der Waals surface area contributed by atoms with Crippen LogP contribution in [0.2, 0.25) is 5.02 Å². The fraction of sp³-hybridized carbons (Fsp3) is 0.138. The van der Waals surface area contributed by atoms with Gasteiger partial charge in [-0.3, -0.25) is 0 Å². The summed E-state index contributed by atoms with van der Waals surface area (Å²) in [5, 5.41) is 0.799. The van der Waals surface area contributed by atoms with Gasteiger partial charge < -0.3 is 9.30 Å². The van der Waals surface area contributed by atoms with E-state index in [1.54, 1.807) is 0 Å². The Balaban J connectivity index is 1.50. The predicted molar refractivity (Wildman–Crippen MR) is 142 cm³/mol. The molecule has 1 atom stereocenters. The summed E-state index contributed by atoms with van der Waals surface area (Å²) in [6.45, 7) is 3.21. The summed E-state index contributed by atoms with van der Waals surface area (Å²) in [6, 6.07) is 35.2. The maximum Gasteiger partial charge on any atom is 0.128 e. The zero-order chi connectivity index (χ0) is 23.3. The highest BCUT2D eigenvalue weighted by atomic mass is 35.5. The lowest BCUT2D eigenvalue weighted by Crippen LogP contribution is -2.13. The number of imidazole rings is 1. The van der Waals surface area contributed by atoms with Gasteiger partial charge in [0.1, 0.15) is 18.2 Å². The van der Waals surface area contributed by atoms with E-state index in [4.69, 9.17) is 21.3 Å². The van der Waals surface area contributed by atoms with E-state index in [1.807, 2.05) is 49.0 Å². The zero-order valence-corrected chi connectivity index (χ0v) is 20.5. The van der Waals surface area contributed by atoms with Crippen LogP contribution >= 0.6 is 23.4 Å². The van der Waals surface area contributed by atoms with Gasteiger partial charge in [0.25, 0.3) is 0 Å². The van der Waals surface area contributed by atoms with Crippen molar-refractivity contribution in [2.24, 2.45) is 0 Å². The maximum absolute atomic E-state index is 6.17. The van der Waals surface area contributed by atoms with Gasteiger partial charge >= 0.3 is 0 Å². The van der Waals surface area contributed by atoms with E-state index < -0.39 is 0 Å². The summed E-state index contributed by atoms with van der Waals surface area (Å²) in [5.41, 5.74) is 4.34. The highest BCUT2D eigenvalue weighted by molar-refractivity contribution is 7.99. The molecule has 170 valence electrons. The molecule has 0 aliphatic rings. The van der Waals surface area contributed by atoms with Crippen molar-refractivity contribution in [2.75, 3.05) is 6.61 Å². The van der Waals surface area contributed by atoms with Gasteiger partial charge in [-0.2, -0.15) is 0 Å². The minimum Gasteiger partial charge on any atom is -0.492 e. The van der Waals surface area contributed by atoms with E-state index in [1.165, 1.54) is 10.5 Å². The van der Waals surface area contributed by atoms with E-state index in [0.29, 0.717) is 13.2 Å². The molecule has 1 aromatic heterocycles. The third-order valence-corrected chi connectivity index (χ3v) is 7.42. The molecule has 5 heteroatoms. The average molecular weight is 485 g/mol. The number of hydrogen-bond acceptors (Lipinski definition) is 3. The Bertz CT molecular complexity index is 1390. The molecule has 0 bridgehead atoms. The zero-order valence-electron chi connectivity index (χ0n) is 18.9. The molecular weight excluding hydrogens is 460 g/mol. The first-order valence-electron chi connectivity index (χ1n) is 11.3. The lowest BCUT2D eigenvalue weighted by atomic mass is 10.1. The van der Waals surface area contributed by atoms with Gasteiger partial charge in [-0.1, -0.05) is 72.3 Å². The Hall–Kier alpha value is -3.21. The molecule has 0 amide bonds. The van der Waals surface area contributed by atoms with Crippen LogP contribution in [0.3, 0.4) is 0 Å². The van der Waals surface area contributed by atoms with Crippen molar-refractivity contribution in [3.63, 3.8) is 0 Å². The van der Waals surface area contributed by atoms with E-state index in [-0.39, 0.29) is 5.25 Å². The average Bonchev–Trinajstić information content (AvgIpc) is 3.24. The summed E-state index contributed by atoms with van der Waals surface area (Å²) >= 11 is 7.99. The number of fused-ring (bicyclic) bond motifs is 1. The summed E-state index contributed by atoms with van der Waals surface area (Å²) in [7, 11) is 0. The van der Waals surface area contributed by atoms with E-state index in [2.05, 4.69) is 77.4 Å². The molecule has 5 rings (SSSR count). The van der Waals surface area contributed by atoms with Crippen LogP contribution in [0, 0.1) is 6.92 Å². The Labute approximate surface area is 209 Å². The van der Waals surface area contributed by atoms with Gasteiger partial charge in [-0.15, -0.1) is 11.8 Å². The molecule has 0 aliphatic carbocycles. The maximum atomic E-state index is 6.17. The third-order valence-electron chi connectivity index (χ3n) is 5.73. The van der Waals surface area contributed by atoms with Crippen LogP contribution in [-0.2, 0) is 6.54 Å². The first kappa shape index (κ1) is 22.6. The van der Waals surface area contributed by atoms with E-state index in [9.17, 15) is 0 Å².